The Morgan fingerprint density at radius 3 is 2.80 bits per heavy atom. The van der Waals surface area contributed by atoms with E-state index >= 15 is 0 Å². The number of rotatable bonds is 4. The van der Waals surface area contributed by atoms with Gasteiger partial charge in [0.05, 0.1) is 17.8 Å². The van der Waals surface area contributed by atoms with Gasteiger partial charge in [-0.2, -0.15) is 0 Å². The summed E-state index contributed by atoms with van der Waals surface area (Å²) in [5.74, 6) is -1.10. The minimum absolute atomic E-state index is 0.0431. The molecular weight excluding hydrogens is 262 g/mol. The Morgan fingerprint density at radius 2 is 2.15 bits per heavy atom. The van der Waals surface area contributed by atoms with Gasteiger partial charge in [-0.05, 0) is 18.6 Å². The Bertz CT molecular complexity index is 623. The van der Waals surface area contributed by atoms with Crippen LogP contribution in [0.15, 0.2) is 35.1 Å². The van der Waals surface area contributed by atoms with Crippen molar-refractivity contribution in [2.75, 3.05) is 5.32 Å². The van der Waals surface area contributed by atoms with Crippen molar-refractivity contribution >= 4 is 17.7 Å². The van der Waals surface area contributed by atoms with Gasteiger partial charge in [0.25, 0.3) is 0 Å². The van der Waals surface area contributed by atoms with Crippen molar-refractivity contribution in [2.24, 2.45) is 0 Å². The predicted molar refractivity (Wildman–Crippen MR) is 70.5 cm³/mol. The summed E-state index contributed by atoms with van der Waals surface area (Å²) < 4.78 is 4.64. The summed E-state index contributed by atoms with van der Waals surface area (Å²) in [5, 5.41) is 17.8. The van der Waals surface area contributed by atoms with Crippen LogP contribution >= 0.6 is 0 Å². The number of aromatic nitrogens is 1. The van der Waals surface area contributed by atoms with E-state index in [0.29, 0.717) is 11.3 Å². The van der Waals surface area contributed by atoms with E-state index in [9.17, 15) is 9.59 Å². The molecule has 2 rings (SSSR count). The van der Waals surface area contributed by atoms with E-state index in [0.717, 1.165) is 0 Å². The second kappa shape index (κ2) is 5.87. The van der Waals surface area contributed by atoms with Crippen LogP contribution in [0.5, 0.6) is 0 Å². The van der Waals surface area contributed by atoms with Gasteiger partial charge in [0, 0.05) is 6.07 Å². The summed E-state index contributed by atoms with van der Waals surface area (Å²) in [6, 6.07) is 5.89. The third kappa shape index (κ3) is 3.14. The van der Waals surface area contributed by atoms with Crippen LogP contribution in [0, 0.1) is 6.92 Å². The number of carbonyl (C=O) groups excluding carboxylic acids is 1. The number of anilines is 1. The molecule has 7 heteroatoms. The summed E-state index contributed by atoms with van der Waals surface area (Å²) in [7, 11) is 0. The highest BCUT2D eigenvalue weighted by atomic mass is 16.5. The maximum atomic E-state index is 11.8. The van der Waals surface area contributed by atoms with Crippen molar-refractivity contribution in [3.8, 4) is 0 Å². The molecule has 1 heterocycles. The zero-order valence-electron chi connectivity index (χ0n) is 10.7. The van der Waals surface area contributed by atoms with Crippen LogP contribution < -0.4 is 10.6 Å². The number of nitrogens with zero attached hydrogens (tertiary/aromatic N) is 1. The second-order valence-electron chi connectivity index (χ2n) is 4.10. The number of urea groups is 1. The maximum absolute atomic E-state index is 11.8. The number of nitrogens with one attached hydrogen (secondary N) is 2. The number of amides is 2. The fourth-order valence-electron chi connectivity index (χ4n) is 1.67. The van der Waals surface area contributed by atoms with Gasteiger partial charge in [-0.1, -0.05) is 17.3 Å². The van der Waals surface area contributed by atoms with Crippen molar-refractivity contribution in [2.45, 2.75) is 13.5 Å². The molecule has 0 unspecified atom stereocenters. The van der Waals surface area contributed by atoms with Crippen LogP contribution in [-0.2, 0) is 6.54 Å². The van der Waals surface area contributed by atoms with Crippen molar-refractivity contribution in [1.29, 1.82) is 0 Å². The highest BCUT2D eigenvalue weighted by Crippen LogP contribution is 2.20. The molecule has 0 atom stereocenters. The van der Waals surface area contributed by atoms with Crippen LogP contribution in [0.4, 0.5) is 10.5 Å². The van der Waals surface area contributed by atoms with Crippen LogP contribution in [0.2, 0.25) is 0 Å². The molecule has 2 amide bonds. The van der Waals surface area contributed by atoms with Crippen molar-refractivity contribution in [3.63, 3.8) is 0 Å². The summed E-state index contributed by atoms with van der Waals surface area (Å²) in [6.07, 6.45) is 1.40. The third-order valence-electron chi connectivity index (χ3n) is 2.66. The number of carboxylic acids is 1. The van der Waals surface area contributed by atoms with Gasteiger partial charge in [0.15, 0.2) is 0 Å². The Labute approximate surface area is 114 Å². The largest absolute Gasteiger partial charge is 0.478 e. The molecular formula is C13H13N3O4. The number of benzene rings is 1. The molecule has 1 aromatic heterocycles. The number of para-hydroxylation sites is 1. The molecule has 0 saturated carbocycles. The molecule has 0 bridgehead atoms. The molecule has 0 spiro atoms. The lowest BCUT2D eigenvalue weighted by Crippen LogP contribution is -2.29. The third-order valence-corrected chi connectivity index (χ3v) is 2.66. The second-order valence-corrected chi connectivity index (χ2v) is 4.10. The Morgan fingerprint density at radius 1 is 1.35 bits per heavy atom. The highest BCUT2D eigenvalue weighted by molar-refractivity contribution is 6.00. The lowest BCUT2D eigenvalue weighted by atomic mass is 10.1. The highest BCUT2D eigenvalue weighted by Gasteiger charge is 2.14. The fourth-order valence-corrected chi connectivity index (χ4v) is 1.67. The minimum atomic E-state index is -1.10. The standard InChI is InChI=1S/C13H13N3O4/c1-8-3-2-4-10(12(17)18)11(8)15-13(19)14-7-9-5-6-20-16-9/h2-6H,7H2,1H3,(H,17,18)(H2,14,15,19). The van der Waals surface area contributed by atoms with Crippen molar-refractivity contribution in [1.82, 2.24) is 10.5 Å². The van der Waals surface area contributed by atoms with Gasteiger partial charge < -0.3 is 20.3 Å². The average Bonchev–Trinajstić information content (AvgIpc) is 2.91. The smallest absolute Gasteiger partial charge is 0.337 e. The van der Waals surface area contributed by atoms with Gasteiger partial charge in [-0.3, -0.25) is 0 Å². The van der Waals surface area contributed by atoms with Gasteiger partial charge >= 0.3 is 12.0 Å². The van der Waals surface area contributed by atoms with Crippen LogP contribution in [0.25, 0.3) is 0 Å². The lowest BCUT2D eigenvalue weighted by molar-refractivity contribution is 0.0698. The SMILES string of the molecule is Cc1cccc(C(=O)O)c1NC(=O)NCc1ccon1. The molecule has 0 aliphatic carbocycles. The van der Waals surface area contributed by atoms with E-state index in [4.69, 9.17) is 5.11 Å². The predicted octanol–water partition coefficient (Wildman–Crippen LogP) is 2.00. The maximum Gasteiger partial charge on any atom is 0.337 e. The van der Waals surface area contributed by atoms with Crippen LogP contribution in [-0.4, -0.2) is 22.3 Å². The van der Waals surface area contributed by atoms with Crippen LogP contribution in [0.1, 0.15) is 21.6 Å². The normalized spacial score (nSPS) is 10.1. The van der Waals surface area contributed by atoms with E-state index in [1.165, 1.54) is 12.3 Å². The molecule has 0 saturated heterocycles. The van der Waals surface area contributed by atoms with Crippen molar-refractivity contribution < 1.29 is 19.2 Å². The molecule has 0 fully saturated rings. The minimum Gasteiger partial charge on any atom is -0.478 e. The van der Waals surface area contributed by atoms with Gasteiger partial charge in [0.2, 0.25) is 0 Å². The summed E-state index contributed by atoms with van der Waals surface area (Å²) in [5.41, 5.74) is 1.56. The fraction of sp³-hybridized carbons (Fsp3) is 0.154. The number of aromatic carboxylic acids is 1. The molecule has 0 aliphatic rings. The van der Waals surface area contributed by atoms with Gasteiger partial charge in [-0.15, -0.1) is 0 Å². The molecule has 2 aromatic rings. The molecule has 7 nitrogen and oxygen atoms in total. The molecule has 0 aliphatic heterocycles. The van der Waals surface area contributed by atoms with Crippen molar-refractivity contribution in [3.05, 3.63) is 47.3 Å². The summed E-state index contributed by atoms with van der Waals surface area (Å²) in [4.78, 5) is 22.9. The number of hydrogen-bond acceptors (Lipinski definition) is 4. The number of hydrogen-bond donors (Lipinski definition) is 3. The molecule has 104 valence electrons. The average molecular weight is 275 g/mol. The Hall–Kier alpha value is -2.83. The van der Waals surface area contributed by atoms with E-state index in [2.05, 4.69) is 20.3 Å². The number of aryl methyl sites for hydroxylation is 1. The molecule has 20 heavy (non-hydrogen) atoms. The number of carboxylic acid groups (broad SMARTS) is 1. The zero-order valence-corrected chi connectivity index (χ0v) is 10.7. The monoisotopic (exact) mass is 275 g/mol. The van der Waals surface area contributed by atoms with E-state index in [-0.39, 0.29) is 17.8 Å². The first-order valence-electron chi connectivity index (χ1n) is 5.85. The topological polar surface area (TPSA) is 104 Å². The first kappa shape index (κ1) is 13.6. The molecule has 3 N–H and O–H groups in total. The number of carbonyl (C=O) groups is 2. The first-order valence-corrected chi connectivity index (χ1v) is 5.85. The molecule has 1 aromatic carbocycles. The van der Waals surface area contributed by atoms with Crippen LogP contribution in [0.3, 0.4) is 0 Å². The van der Waals surface area contributed by atoms with E-state index < -0.39 is 12.0 Å². The Kier molecular flexibility index (Phi) is 3.99. The Balaban J connectivity index is 2.06. The lowest BCUT2D eigenvalue weighted by Gasteiger charge is -2.11. The van der Waals surface area contributed by atoms with E-state index in [1.807, 2.05) is 0 Å². The first-order chi connectivity index (χ1) is 9.58. The molecule has 0 radical (unpaired) electrons. The zero-order chi connectivity index (χ0) is 14.5. The quantitative estimate of drug-likeness (QED) is 0.791. The van der Waals surface area contributed by atoms with Gasteiger partial charge in [-0.25, -0.2) is 9.59 Å². The van der Waals surface area contributed by atoms with Gasteiger partial charge in [0.1, 0.15) is 12.0 Å². The summed E-state index contributed by atoms with van der Waals surface area (Å²) in [6.45, 7) is 1.91. The summed E-state index contributed by atoms with van der Waals surface area (Å²) >= 11 is 0. The van der Waals surface area contributed by atoms with E-state index in [1.54, 1.807) is 25.1 Å².